The molecule has 3 amide bonds. The van der Waals surface area contributed by atoms with E-state index in [0.717, 1.165) is 16.6 Å². The van der Waals surface area contributed by atoms with Gasteiger partial charge in [-0.2, -0.15) is 0 Å². The lowest BCUT2D eigenvalue weighted by Crippen LogP contribution is -2.56. The Morgan fingerprint density at radius 1 is 0.870 bits per heavy atom. The van der Waals surface area contributed by atoms with Gasteiger partial charge >= 0.3 is 0 Å². The molecule has 4 aliphatic heterocycles. The van der Waals surface area contributed by atoms with Crippen LogP contribution in [0.4, 0.5) is 0 Å². The molecule has 5 heterocycles. The minimum absolute atomic E-state index is 0.0630. The van der Waals surface area contributed by atoms with E-state index in [-0.39, 0.29) is 31.0 Å². The monoisotopic (exact) mass is 624 g/mol. The van der Waals surface area contributed by atoms with Crippen molar-refractivity contribution in [3.05, 3.63) is 84.5 Å². The normalized spacial score (nSPS) is 28.9. The molecule has 0 bridgehead atoms. The van der Waals surface area contributed by atoms with E-state index in [2.05, 4.69) is 10.3 Å². The molecule has 0 saturated carbocycles. The summed E-state index contributed by atoms with van der Waals surface area (Å²) in [4.78, 5) is 49.1. The molecule has 2 fully saturated rings. The van der Waals surface area contributed by atoms with Crippen molar-refractivity contribution in [1.82, 2.24) is 29.7 Å². The Morgan fingerprint density at radius 2 is 1.63 bits per heavy atom. The highest BCUT2D eigenvalue weighted by Crippen LogP contribution is 2.58. The lowest BCUT2D eigenvalue weighted by Gasteiger charge is -2.38. The van der Waals surface area contributed by atoms with Gasteiger partial charge in [0.2, 0.25) is 11.8 Å². The molecule has 11 heteroatoms. The van der Waals surface area contributed by atoms with Gasteiger partial charge in [0.15, 0.2) is 0 Å². The van der Waals surface area contributed by atoms with E-state index in [9.17, 15) is 19.5 Å². The number of para-hydroxylation sites is 1. The highest BCUT2D eigenvalue weighted by atomic mass is 16.5. The Morgan fingerprint density at radius 3 is 2.43 bits per heavy atom. The summed E-state index contributed by atoms with van der Waals surface area (Å²) in [7, 11) is 0. The molecule has 3 aromatic rings. The fraction of sp³-hybridized carbons (Fsp3) is 0.457. The summed E-state index contributed by atoms with van der Waals surface area (Å²) in [6.45, 7) is 3.64. The first-order valence-corrected chi connectivity index (χ1v) is 16.3. The molecular formula is C35H40N6O5. The lowest BCUT2D eigenvalue weighted by molar-refractivity contribution is -0.155. The van der Waals surface area contributed by atoms with Gasteiger partial charge in [-0.3, -0.25) is 14.4 Å². The zero-order chi connectivity index (χ0) is 31.9. The molecule has 240 valence electrons. The number of unbranched alkanes of at least 4 members (excludes halogenated alkanes) is 2. The second-order valence-corrected chi connectivity index (χ2v) is 12.7. The fourth-order valence-corrected chi connectivity index (χ4v) is 7.92. The third kappa shape index (κ3) is 4.84. The van der Waals surface area contributed by atoms with Crippen molar-refractivity contribution in [3.63, 3.8) is 0 Å². The van der Waals surface area contributed by atoms with Crippen LogP contribution in [-0.4, -0.2) is 96.0 Å². The summed E-state index contributed by atoms with van der Waals surface area (Å²) in [6.07, 6.45) is 10.1. The molecule has 2 saturated heterocycles. The number of aliphatic hydroxyl groups is 1. The predicted molar refractivity (Wildman–Crippen MR) is 170 cm³/mol. The van der Waals surface area contributed by atoms with Gasteiger partial charge in [0.05, 0.1) is 23.0 Å². The van der Waals surface area contributed by atoms with Gasteiger partial charge in [0.1, 0.15) is 23.8 Å². The summed E-state index contributed by atoms with van der Waals surface area (Å²) < 4.78 is 8.79. The first-order chi connectivity index (χ1) is 22.4. The van der Waals surface area contributed by atoms with E-state index in [1.807, 2.05) is 85.8 Å². The van der Waals surface area contributed by atoms with E-state index in [1.165, 1.54) is 0 Å². The number of hydrogen-bond donors (Lipinski definition) is 1. The highest BCUT2D eigenvalue weighted by Gasteiger charge is 2.75. The first-order valence-electron chi connectivity index (χ1n) is 16.3. The minimum Gasteiger partial charge on any atom is -0.396 e. The van der Waals surface area contributed by atoms with Crippen LogP contribution in [0.2, 0.25) is 0 Å². The molecule has 0 aliphatic carbocycles. The summed E-state index contributed by atoms with van der Waals surface area (Å²) in [5, 5.41) is 17.9. The van der Waals surface area contributed by atoms with Gasteiger partial charge in [-0.15, -0.1) is 5.10 Å². The smallest absolute Gasteiger partial charge is 0.250 e. The third-order valence-corrected chi connectivity index (χ3v) is 10.1. The Labute approximate surface area is 268 Å². The van der Waals surface area contributed by atoms with E-state index in [0.29, 0.717) is 51.9 Å². The number of fused-ring (bicyclic) bond motifs is 3. The van der Waals surface area contributed by atoms with E-state index in [1.54, 1.807) is 19.4 Å². The van der Waals surface area contributed by atoms with Crippen LogP contribution in [0, 0.1) is 11.8 Å². The Bertz CT molecular complexity index is 1690. The molecule has 11 nitrogen and oxygen atoms in total. The van der Waals surface area contributed by atoms with Crippen molar-refractivity contribution >= 4 is 28.8 Å². The standard InChI is InChI=1S/C35H40N6O5/c1-2-34-17-11-19-38(23-25-13-5-3-6-14-25)31(43)28(34)29-32(44)40(21-9-4-10-22-42)30-33(45)39(20-12-18-35(29,30)46-34)24-41-27-16-8-7-15-26(27)36-37-41/h3,5-8,11-18,28-30,42H,2,4,9-10,19-24H2,1H3/t28-,29+,30?,34+,35+/m1/s1. The number of carbonyl (C=O) groups is 3. The van der Waals surface area contributed by atoms with Crippen molar-refractivity contribution in [2.75, 3.05) is 26.2 Å². The molecule has 7 rings (SSSR count). The minimum atomic E-state index is -1.32. The van der Waals surface area contributed by atoms with Crippen molar-refractivity contribution in [2.45, 2.75) is 63.1 Å². The molecule has 2 aromatic carbocycles. The Hall–Kier alpha value is -4.35. The molecule has 4 aliphatic rings. The second-order valence-electron chi connectivity index (χ2n) is 12.7. The van der Waals surface area contributed by atoms with Crippen LogP contribution in [0.25, 0.3) is 11.0 Å². The van der Waals surface area contributed by atoms with Crippen LogP contribution in [0.5, 0.6) is 0 Å². The van der Waals surface area contributed by atoms with Gasteiger partial charge in [-0.25, -0.2) is 4.68 Å². The van der Waals surface area contributed by atoms with Gasteiger partial charge in [-0.05, 0) is 43.4 Å². The van der Waals surface area contributed by atoms with Crippen molar-refractivity contribution in [3.8, 4) is 0 Å². The number of carbonyl (C=O) groups excluding carboxylic acids is 3. The molecule has 5 atom stereocenters. The van der Waals surface area contributed by atoms with Gasteiger partial charge in [0, 0.05) is 32.8 Å². The SMILES string of the molecule is CC[C@]12C=CCN(Cc3ccccc3)C(=O)[C@H]1[C@H]1C(=O)N(CCCCCO)C3C(=O)N(Cn4nnc5ccccc54)CC=C[C@@]31O2. The molecular weight excluding hydrogens is 584 g/mol. The summed E-state index contributed by atoms with van der Waals surface area (Å²) >= 11 is 0. The zero-order valence-corrected chi connectivity index (χ0v) is 26.1. The molecule has 1 N–H and O–H groups in total. The van der Waals surface area contributed by atoms with Crippen LogP contribution >= 0.6 is 0 Å². The average molecular weight is 625 g/mol. The number of nitrogens with zero attached hydrogens (tertiary/aromatic N) is 6. The Balaban J connectivity index is 1.27. The highest BCUT2D eigenvalue weighted by molar-refractivity contribution is 6.00. The van der Waals surface area contributed by atoms with Crippen molar-refractivity contribution in [1.29, 1.82) is 0 Å². The van der Waals surface area contributed by atoms with E-state index < -0.39 is 29.1 Å². The number of rotatable bonds is 10. The third-order valence-electron chi connectivity index (χ3n) is 10.1. The maximum absolute atomic E-state index is 14.7. The van der Waals surface area contributed by atoms with Gasteiger partial charge < -0.3 is 24.5 Å². The molecule has 1 unspecified atom stereocenters. The second kappa shape index (κ2) is 12.1. The van der Waals surface area contributed by atoms with E-state index >= 15 is 0 Å². The summed E-state index contributed by atoms with van der Waals surface area (Å²) in [5.41, 5.74) is 0.182. The summed E-state index contributed by atoms with van der Waals surface area (Å²) in [5.74, 6) is -2.27. The van der Waals surface area contributed by atoms with E-state index in [4.69, 9.17) is 4.74 Å². The molecule has 1 spiro atoms. The fourth-order valence-electron chi connectivity index (χ4n) is 7.92. The van der Waals surface area contributed by atoms with Crippen LogP contribution in [-0.2, 0) is 32.3 Å². The zero-order valence-electron chi connectivity index (χ0n) is 26.1. The first kappa shape index (κ1) is 30.3. The number of hydrogen-bond acceptors (Lipinski definition) is 7. The van der Waals surface area contributed by atoms with Crippen molar-refractivity contribution in [2.24, 2.45) is 11.8 Å². The number of aromatic nitrogens is 3. The molecule has 1 aromatic heterocycles. The Kier molecular flexibility index (Phi) is 7.98. The number of ether oxygens (including phenoxy) is 1. The number of benzene rings is 2. The maximum Gasteiger partial charge on any atom is 0.250 e. The van der Waals surface area contributed by atoms with Crippen molar-refractivity contribution < 1.29 is 24.2 Å². The number of likely N-dealkylation sites (tertiary alicyclic amines) is 1. The topological polar surface area (TPSA) is 121 Å². The van der Waals surface area contributed by atoms with Gasteiger partial charge in [-0.1, -0.05) is 78.9 Å². The quantitative estimate of drug-likeness (QED) is 0.272. The average Bonchev–Trinajstić information content (AvgIpc) is 3.61. The molecule has 0 radical (unpaired) electrons. The summed E-state index contributed by atoms with van der Waals surface area (Å²) in [6, 6.07) is 16.5. The lowest BCUT2D eigenvalue weighted by atomic mass is 9.73. The molecule has 46 heavy (non-hydrogen) atoms. The predicted octanol–water partition coefficient (Wildman–Crippen LogP) is 2.91. The van der Waals surface area contributed by atoms with Crippen LogP contribution in [0.3, 0.4) is 0 Å². The van der Waals surface area contributed by atoms with Gasteiger partial charge in [0.25, 0.3) is 5.91 Å². The largest absolute Gasteiger partial charge is 0.396 e. The van der Waals surface area contributed by atoms with Crippen LogP contribution < -0.4 is 0 Å². The van der Waals surface area contributed by atoms with Crippen LogP contribution in [0.15, 0.2) is 78.9 Å². The van der Waals surface area contributed by atoms with Crippen LogP contribution in [0.1, 0.15) is 38.2 Å². The maximum atomic E-state index is 14.7. The number of aliphatic hydroxyl groups excluding tert-OH is 1. The number of amides is 3.